The van der Waals surface area contributed by atoms with E-state index < -0.39 is 0 Å². The summed E-state index contributed by atoms with van der Waals surface area (Å²) in [4.78, 5) is 8.66. The van der Waals surface area contributed by atoms with Gasteiger partial charge in [0, 0.05) is 57.8 Å². The highest BCUT2D eigenvalue weighted by Crippen LogP contribution is 2.46. The third-order valence-corrected chi connectivity index (χ3v) is 11.8. The van der Waals surface area contributed by atoms with Crippen molar-refractivity contribution < 1.29 is 4.42 Å². The lowest BCUT2D eigenvalue weighted by molar-refractivity contribution is 0.623. The smallest absolute Gasteiger partial charge is 0.227 e. The molecule has 3 nitrogen and oxygen atoms in total. The van der Waals surface area contributed by atoms with Gasteiger partial charge >= 0.3 is 0 Å². The number of thiophene rings is 2. The largest absolute Gasteiger partial charge is 0.435 e. The van der Waals surface area contributed by atoms with Gasteiger partial charge in [-0.1, -0.05) is 73.7 Å². The van der Waals surface area contributed by atoms with E-state index in [1.807, 2.05) is 53.0 Å². The predicted octanol–water partition coefficient (Wildman–Crippen LogP) is 13.2. The van der Waals surface area contributed by atoms with Crippen LogP contribution in [0.15, 0.2) is 132 Å². The summed E-state index contributed by atoms with van der Waals surface area (Å²) >= 11 is 3.76. The summed E-state index contributed by atoms with van der Waals surface area (Å²) in [5, 5.41) is 6.16. The van der Waals surface area contributed by atoms with Crippen LogP contribution in [-0.4, -0.2) is 4.98 Å². The first-order valence-electron chi connectivity index (χ1n) is 16.0. The molecular formula is C42H28N2OS2. The molecule has 0 saturated heterocycles. The third kappa shape index (κ3) is 4.27. The standard InChI is InChI=1S/C42H28N2OS2/c1-25-8-7-13-37-40(25)33-20-18-30(24-39(33)47-37)44(29-17-19-32-31-11-5-6-12-36(31)46-38(32)23-29)28-16-14-26-15-21-35-41(34(26)22-28)45-42(43-35)27-9-3-2-4-10-27/h2-7,9-25H,8H2,1H3. The molecule has 0 fully saturated rings. The summed E-state index contributed by atoms with van der Waals surface area (Å²) in [6, 6.07) is 43.6. The Bertz CT molecular complexity index is 2700. The molecule has 47 heavy (non-hydrogen) atoms. The van der Waals surface area contributed by atoms with Crippen molar-refractivity contribution >= 4 is 97.9 Å². The number of anilines is 3. The number of benzene rings is 6. The van der Waals surface area contributed by atoms with Crippen molar-refractivity contribution in [2.45, 2.75) is 19.3 Å². The maximum atomic E-state index is 6.49. The lowest BCUT2D eigenvalue weighted by Gasteiger charge is -2.26. The Kier molecular flexibility index (Phi) is 5.96. The van der Waals surface area contributed by atoms with Crippen LogP contribution in [0.5, 0.6) is 0 Å². The minimum Gasteiger partial charge on any atom is -0.435 e. The van der Waals surface area contributed by atoms with Crippen molar-refractivity contribution in [3.05, 3.63) is 138 Å². The van der Waals surface area contributed by atoms with Gasteiger partial charge in [0.1, 0.15) is 5.52 Å². The van der Waals surface area contributed by atoms with E-state index in [-0.39, 0.29) is 0 Å². The molecule has 3 aromatic heterocycles. The van der Waals surface area contributed by atoms with Gasteiger partial charge in [0.05, 0.1) is 0 Å². The maximum Gasteiger partial charge on any atom is 0.227 e. The number of oxazole rings is 1. The second-order valence-corrected chi connectivity index (χ2v) is 14.6. The molecule has 0 saturated carbocycles. The lowest BCUT2D eigenvalue weighted by atomic mass is 9.91. The Labute approximate surface area is 279 Å². The van der Waals surface area contributed by atoms with E-state index in [1.54, 1.807) is 0 Å². The number of rotatable bonds is 4. The molecule has 224 valence electrons. The van der Waals surface area contributed by atoms with E-state index in [4.69, 9.17) is 9.40 Å². The third-order valence-electron chi connectivity index (χ3n) is 9.51. The number of aromatic nitrogens is 1. The molecule has 1 unspecified atom stereocenters. The topological polar surface area (TPSA) is 29.3 Å². The van der Waals surface area contributed by atoms with Crippen LogP contribution in [0.1, 0.15) is 29.7 Å². The summed E-state index contributed by atoms with van der Waals surface area (Å²) in [6.45, 7) is 2.34. The van der Waals surface area contributed by atoms with Gasteiger partial charge < -0.3 is 9.32 Å². The zero-order valence-corrected chi connectivity index (χ0v) is 27.2. The number of fused-ring (bicyclic) bond motifs is 9. The van der Waals surface area contributed by atoms with Crippen LogP contribution in [0.25, 0.3) is 69.7 Å². The van der Waals surface area contributed by atoms with Crippen molar-refractivity contribution in [3.8, 4) is 11.5 Å². The van der Waals surface area contributed by atoms with Crippen LogP contribution in [0.4, 0.5) is 17.1 Å². The molecule has 0 bridgehead atoms. The molecule has 0 radical (unpaired) electrons. The molecule has 9 aromatic rings. The molecule has 6 aromatic carbocycles. The normalized spacial score (nSPS) is 14.5. The average molecular weight is 641 g/mol. The van der Waals surface area contributed by atoms with Gasteiger partial charge in [0.15, 0.2) is 5.58 Å². The Balaban J connectivity index is 1.19. The minimum atomic E-state index is 0.534. The Morgan fingerprint density at radius 3 is 2.23 bits per heavy atom. The van der Waals surface area contributed by atoms with Crippen molar-refractivity contribution in [1.29, 1.82) is 0 Å². The van der Waals surface area contributed by atoms with E-state index in [1.165, 1.54) is 40.7 Å². The molecule has 1 aliphatic carbocycles. The van der Waals surface area contributed by atoms with Crippen LogP contribution < -0.4 is 4.90 Å². The molecule has 0 aliphatic heterocycles. The van der Waals surface area contributed by atoms with E-state index in [0.29, 0.717) is 11.8 Å². The zero-order chi connectivity index (χ0) is 31.1. The SMILES string of the molecule is CC1CC=Cc2sc3cc(N(c4ccc5c(c4)sc4ccccc45)c4ccc5ccc6nc(-c7ccccc7)oc6c5c4)ccc3c21. The highest BCUT2D eigenvalue weighted by atomic mass is 32.1. The van der Waals surface area contributed by atoms with Gasteiger partial charge in [-0.2, -0.15) is 0 Å². The molecule has 5 heteroatoms. The minimum absolute atomic E-state index is 0.534. The Morgan fingerprint density at radius 2 is 1.36 bits per heavy atom. The predicted molar refractivity (Wildman–Crippen MR) is 202 cm³/mol. The van der Waals surface area contributed by atoms with Crippen molar-refractivity contribution in [2.24, 2.45) is 0 Å². The van der Waals surface area contributed by atoms with Crippen LogP contribution >= 0.6 is 22.7 Å². The van der Waals surface area contributed by atoms with Gasteiger partial charge in [0.25, 0.3) is 0 Å². The van der Waals surface area contributed by atoms with E-state index in [9.17, 15) is 0 Å². The fraction of sp³-hybridized carbons (Fsp3) is 0.0714. The summed E-state index contributed by atoms with van der Waals surface area (Å²) < 4.78 is 10.4. The molecule has 3 heterocycles. The van der Waals surface area contributed by atoms with Crippen LogP contribution in [0, 0.1) is 0 Å². The number of hydrogen-bond acceptors (Lipinski definition) is 5. The Hall–Kier alpha value is -5.23. The van der Waals surface area contributed by atoms with Gasteiger partial charge in [0.2, 0.25) is 5.89 Å². The van der Waals surface area contributed by atoms with E-state index >= 15 is 0 Å². The highest BCUT2D eigenvalue weighted by molar-refractivity contribution is 7.25. The highest BCUT2D eigenvalue weighted by Gasteiger charge is 2.22. The van der Waals surface area contributed by atoms with Gasteiger partial charge in [-0.05, 0) is 95.4 Å². The molecule has 1 atom stereocenters. The molecular weight excluding hydrogens is 613 g/mol. The lowest BCUT2D eigenvalue weighted by Crippen LogP contribution is -2.09. The van der Waals surface area contributed by atoms with Crippen LogP contribution in [-0.2, 0) is 0 Å². The van der Waals surface area contributed by atoms with Gasteiger partial charge in [-0.15, -0.1) is 22.7 Å². The second-order valence-electron chi connectivity index (χ2n) is 12.4. The Morgan fingerprint density at radius 1 is 0.660 bits per heavy atom. The van der Waals surface area contributed by atoms with Crippen molar-refractivity contribution in [2.75, 3.05) is 4.90 Å². The maximum absolute atomic E-state index is 6.49. The summed E-state index contributed by atoms with van der Waals surface area (Å²) in [6.07, 6.45) is 5.72. The number of allylic oxidation sites excluding steroid dienone is 1. The first-order valence-corrected chi connectivity index (χ1v) is 17.6. The summed E-state index contributed by atoms with van der Waals surface area (Å²) in [5.74, 6) is 1.17. The molecule has 1 aliphatic rings. The fourth-order valence-corrected chi connectivity index (χ4v) is 9.66. The van der Waals surface area contributed by atoms with Crippen LogP contribution in [0.2, 0.25) is 0 Å². The van der Waals surface area contributed by atoms with E-state index in [0.717, 1.165) is 50.9 Å². The average Bonchev–Trinajstić information content (AvgIpc) is 3.82. The first kappa shape index (κ1) is 26.9. The monoisotopic (exact) mass is 640 g/mol. The van der Waals surface area contributed by atoms with Crippen molar-refractivity contribution in [3.63, 3.8) is 0 Å². The molecule has 10 rings (SSSR count). The van der Waals surface area contributed by atoms with Crippen LogP contribution in [0.3, 0.4) is 0 Å². The van der Waals surface area contributed by atoms with Gasteiger partial charge in [-0.3, -0.25) is 0 Å². The van der Waals surface area contributed by atoms with E-state index in [2.05, 4.69) is 115 Å². The number of nitrogens with zero attached hydrogens (tertiary/aromatic N) is 2. The quantitative estimate of drug-likeness (QED) is 0.192. The van der Waals surface area contributed by atoms with Gasteiger partial charge in [-0.25, -0.2) is 4.98 Å². The molecule has 0 amide bonds. The second kappa shape index (κ2) is 10.4. The fourth-order valence-electron chi connectivity index (χ4n) is 7.23. The molecule has 0 spiro atoms. The number of hydrogen-bond donors (Lipinski definition) is 0. The first-order chi connectivity index (χ1) is 23.2. The molecule has 0 N–H and O–H groups in total. The summed E-state index contributed by atoms with van der Waals surface area (Å²) in [7, 11) is 0. The zero-order valence-electron chi connectivity index (χ0n) is 25.6. The van der Waals surface area contributed by atoms with Crippen molar-refractivity contribution in [1.82, 2.24) is 4.98 Å². The summed E-state index contributed by atoms with van der Waals surface area (Å²) in [5.41, 5.74) is 7.49.